The van der Waals surface area contributed by atoms with Crippen LogP contribution in [0.1, 0.15) is 30.9 Å². The molecular weight excluding hydrogens is 240 g/mol. The van der Waals surface area contributed by atoms with E-state index in [2.05, 4.69) is 11.8 Å². The fourth-order valence-corrected chi connectivity index (χ4v) is 2.76. The van der Waals surface area contributed by atoms with E-state index in [4.69, 9.17) is 10.8 Å². The Kier molecular flexibility index (Phi) is 4.56. The van der Waals surface area contributed by atoms with Crippen LogP contribution in [0.2, 0.25) is 0 Å². The van der Waals surface area contributed by atoms with Crippen LogP contribution in [0.4, 0.5) is 0 Å². The highest BCUT2D eigenvalue weighted by molar-refractivity contribution is 5.70. The Hall–Kier alpha value is -1.39. The fourth-order valence-electron chi connectivity index (χ4n) is 2.76. The summed E-state index contributed by atoms with van der Waals surface area (Å²) in [4.78, 5) is 13.3. The van der Waals surface area contributed by atoms with Crippen LogP contribution in [-0.4, -0.2) is 34.6 Å². The zero-order chi connectivity index (χ0) is 13.8. The van der Waals surface area contributed by atoms with Gasteiger partial charge < -0.3 is 10.8 Å². The Morgan fingerprint density at radius 1 is 1.42 bits per heavy atom. The second kappa shape index (κ2) is 6.17. The summed E-state index contributed by atoms with van der Waals surface area (Å²) in [7, 11) is 0. The van der Waals surface area contributed by atoms with E-state index in [1.54, 1.807) is 0 Å². The van der Waals surface area contributed by atoms with Gasteiger partial charge in [0.2, 0.25) is 0 Å². The number of benzene rings is 1. The van der Waals surface area contributed by atoms with E-state index in [9.17, 15) is 4.79 Å². The van der Waals surface area contributed by atoms with Gasteiger partial charge in [-0.1, -0.05) is 24.3 Å². The Morgan fingerprint density at radius 3 is 2.74 bits per heavy atom. The Labute approximate surface area is 114 Å². The van der Waals surface area contributed by atoms with Crippen LogP contribution in [0.15, 0.2) is 24.3 Å². The van der Waals surface area contributed by atoms with Gasteiger partial charge in [0, 0.05) is 25.2 Å². The molecule has 1 aliphatic rings. The van der Waals surface area contributed by atoms with Gasteiger partial charge in [-0.3, -0.25) is 9.69 Å². The van der Waals surface area contributed by atoms with Gasteiger partial charge in [0.05, 0.1) is 6.42 Å². The lowest BCUT2D eigenvalue weighted by Gasteiger charge is -2.36. The molecule has 19 heavy (non-hydrogen) atoms. The monoisotopic (exact) mass is 262 g/mol. The molecule has 0 saturated carbocycles. The molecule has 2 unspecified atom stereocenters. The van der Waals surface area contributed by atoms with Crippen molar-refractivity contribution in [1.29, 1.82) is 0 Å². The normalized spacial score (nSPS) is 24.3. The molecule has 0 spiro atoms. The van der Waals surface area contributed by atoms with E-state index in [-0.39, 0.29) is 6.42 Å². The quantitative estimate of drug-likeness (QED) is 0.865. The van der Waals surface area contributed by atoms with Crippen molar-refractivity contribution >= 4 is 5.97 Å². The molecule has 0 aliphatic carbocycles. The van der Waals surface area contributed by atoms with E-state index in [1.807, 2.05) is 24.3 Å². The topological polar surface area (TPSA) is 66.6 Å². The molecule has 1 aromatic rings. The molecule has 1 aromatic carbocycles. The third-order valence-corrected chi connectivity index (χ3v) is 3.89. The van der Waals surface area contributed by atoms with Crippen LogP contribution in [0.25, 0.3) is 0 Å². The number of nitrogens with two attached hydrogens (primary N) is 1. The second-order valence-corrected chi connectivity index (χ2v) is 5.44. The maximum absolute atomic E-state index is 10.9. The highest BCUT2D eigenvalue weighted by atomic mass is 16.4. The SMILES string of the molecule is CC1CC(N)CCN1Cc1ccccc1CC(=O)O. The number of hydrogen-bond acceptors (Lipinski definition) is 3. The fraction of sp³-hybridized carbons (Fsp3) is 0.533. The smallest absolute Gasteiger partial charge is 0.307 e. The van der Waals surface area contributed by atoms with Crippen LogP contribution in [-0.2, 0) is 17.8 Å². The minimum absolute atomic E-state index is 0.0951. The number of carboxylic acids is 1. The highest BCUT2D eigenvalue weighted by Gasteiger charge is 2.23. The van der Waals surface area contributed by atoms with E-state index < -0.39 is 5.97 Å². The minimum atomic E-state index is -0.777. The van der Waals surface area contributed by atoms with E-state index in [1.165, 1.54) is 0 Å². The maximum Gasteiger partial charge on any atom is 0.307 e. The summed E-state index contributed by atoms with van der Waals surface area (Å²) in [5.41, 5.74) is 8.00. The zero-order valence-corrected chi connectivity index (χ0v) is 11.4. The predicted octanol–water partition coefficient (Wildman–Crippen LogP) is 1.63. The van der Waals surface area contributed by atoms with Crippen molar-refractivity contribution in [3.63, 3.8) is 0 Å². The zero-order valence-electron chi connectivity index (χ0n) is 11.4. The number of hydrogen-bond donors (Lipinski definition) is 2. The number of piperidine rings is 1. The van der Waals surface area contributed by atoms with Crippen LogP contribution < -0.4 is 5.73 Å². The van der Waals surface area contributed by atoms with Gasteiger partial charge >= 0.3 is 5.97 Å². The third kappa shape index (κ3) is 3.78. The van der Waals surface area contributed by atoms with Crippen molar-refractivity contribution in [3.05, 3.63) is 35.4 Å². The molecular formula is C15H22N2O2. The van der Waals surface area contributed by atoms with Crippen LogP contribution >= 0.6 is 0 Å². The van der Waals surface area contributed by atoms with Gasteiger partial charge in [-0.15, -0.1) is 0 Å². The summed E-state index contributed by atoms with van der Waals surface area (Å²) in [5, 5.41) is 8.95. The summed E-state index contributed by atoms with van der Waals surface area (Å²) < 4.78 is 0. The molecule has 1 aliphatic heterocycles. The standard InChI is InChI=1S/C15H22N2O2/c1-11-8-14(16)6-7-17(11)10-13-5-3-2-4-12(13)9-15(18)19/h2-5,11,14H,6-10,16H2,1H3,(H,18,19). The average Bonchev–Trinajstić information content (AvgIpc) is 2.34. The molecule has 1 saturated heterocycles. The first-order valence-corrected chi connectivity index (χ1v) is 6.84. The van der Waals surface area contributed by atoms with Crippen molar-refractivity contribution in [3.8, 4) is 0 Å². The van der Waals surface area contributed by atoms with Gasteiger partial charge in [-0.25, -0.2) is 0 Å². The lowest BCUT2D eigenvalue weighted by molar-refractivity contribution is -0.136. The number of aliphatic carboxylic acids is 1. The van der Waals surface area contributed by atoms with E-state index in [0.717, 1.165) is 37.1 Å². The first-order chi connectivity index (χ1) is 9.06. The van der Waals surface area contributed by atoms with Crippen LogP contribution in [0.3, 0.4) is 0 Å². The van der Waals surface area contributed by atoms with Gasteiger partial charge in [-0.05, 0) is 30.9 Å². The lowest BCUT2D eigenvalue weighted by Crippen LogP contribution is -2.45. The molecule has 3 N–H and O–H groups in total. The van der Waals surface area contributed by atoms with Crippen molar-refractivity contribution in [2.75, 3.05) is 6.54 Å². The first-order valence-electron chi connectivity index (χ1n) is 6.84. The van der Waals surface area contributed by atoms with E-state index >= 15 is 0 Å². The van der Waals surface area contributed by atoms with E-state index in [0.29, 0.717) is 12.1 Å². The molecule has 0 aromatic heterocycles. The molecule has 104 valence electrons. The van der Waals surface area contributed by atoms with Crippen molar-refractivity contribution < 1.29 is 9.90 Å². The largest absolute Gasteiger partial charge is 0.481 e. The molecule has 4 heteroatoms. The second-order valence-electron chi connectivity index (χ2n) is 5.44. The summed E-state index contributed by atoms with van der Waals surface area (Å²) in [6.07, 6.45) is 2.13. The maximum atomic E-state index is 10.9. The number of likely N-dealkylation sites (tertiary alicyclic amines) is 1. The van der Waals surface area contributed by atoms with Gasteiger partial charge in [0.15, 0.2) is 0 Å². The summed E-state index contributed by atoms with van der Waals surface area (Å²) in [6, 6.07) is 8.57. The number of nitrogens with zero attached hydrogens (tertiary/aromatic N) is 1. The molecule has 1 heterocycles. The average molecular weight is 262 g/mol. The molecule has 2 rings (SSSR count). The Morgan fingerprint density at radius 2 is 2.11 bits per heavy atom. The van der Waals surface area contributed by atoms with Crippen LogP contribution in [0.5, 0.6) is 0 Å². The Balaban J connectivity index is 2.08. The highest BCUT2D eigenvalue weighted by Crippen LogP contribution is 2.20. The molecule has 0 bridgehead atoms. The molecule has 0 amide bonds. The van der Waals surface area contributed by atoms with Crippen molar-refractivity contribution in [2.45, 2.75) is 44.8 Å². The van der Waals surface area contributed by atoms with Gasteiger partial charge in [-0.2, -0.15) is 0 Å². The van der Waals surface area contributed by atoms with Crippen LogP contribution in [0, 0.1) is 0 Å². The van der Waals surface area contributed by atoms with Crippen molar-refractivity contribution in [2.24, 2.45) is 5.73 Å². The van der Waals surface area contributed by atoms with Crippen molar-refractivity contribution in [1.82, 2.24) is 4.90 Å². The number of carbonyl (C=O) groups is 1. The molecule has 2 atom stereocenters. The lowest BCUT2D eigenvalue weighted by atomic mass is 9.97. The minimum Gasteiger partial charge on any atom is -0.481 e. The Bertz CT molecular complexity index is 448. The first kappa shape index (κ1) is 14.0. The summed E-state index contributed by atoms with van der Waals surface area (Å²) in [6.45, 7) is 4.00. The summed E-state index contributed by atoms with van der Waals surface area (Å²) in [5.74, 6) is -0.777. The molecule has 4 nitrogen and oxygen atoms in total. The molecule has 1 fully saturated rings. The third-order valence-electron chi connectivity index (χ3n) is 3.89. The summed E-state index contributed by atoms with van der Waals surface area (Å²) >= 11 is 0. The number of rotatable bonds is 4. The van der Waals surface area contributed by atoms with Gasteiger partial charge in [0.25, 0.3) is 0 Å². The molecule has 0 radical (unpaired) electrons. The van der Waals surface area contributed by atoms with Gasteiger partial charge in [0.1, 0.15) is 0 Å². The number of carboxylic acid groups (broad SMARTS) is 1. The predicted molar refractivity (Wildman–Crippen MR) is 74.9 cm³/mol.